The molecule has 0 saturated heterocycles. The minimum atomic E-state index is -1.11. The van der Waals surface area contributed by atoms with Gasteiger partial charge in [0, 0.05) is 26.3 Å². The summed E-state index contributed by atoms with van der Waals surface area (Å²) in [4.78, 5) is 18.2. The molecule has 1 N–H and O–H groups in total. The zero-order valence-electron chi connectivity index (χ0n) is 10.2. The summed E-state index contributed by atoms with van der Waals surface area (Å²) in [5, 5.41) is 8.72. The van der Waals surface area contributed by atoms with Crippen LogP contribution in [0.3, 0.4) is 0 Å². The van der Waals surface area contributed by atoms with Gasteiger partial charge in [-0.2, -0.15) is 4.98 Å². The van der Waals surface area contributed by atoms with E-state index in [4.69, 9.17) is 19.3 Å². The zero-order valence-corrected chi connectivity index (χ0v) is 10.2. The van der Waals surface area contributed by atoms with Crippen LogP contribution in [0.2, 0.25) is 0 Å². The standard InChI is InChI=1S/C11H16N2O5/c1-16-7-8-17-5-2-6-18-11-12-4-3-9(13-11)10(14)15/h3-4H,2,5-8H2,1H3,(H,14,15). The van der Waals surface area contributed by atoms with Crippen molar-refractivity contribution in [3.05, 3.63) is 18.0 Å². The van der Waals surface area contributed by atoms with Gasteiger partial charge in [-0.3, -0.25) is 0 Å². The fourth-order valence-electron chi connectivity index (χ4n) is 1.10. The number of hydrogen-bond acceptors (Lipinski definition) is 6. The van der Waals surface area contributed by atoms with Crippen molar-refractivity contribution in [3.8, 4) is 6.01 Å². The SMILES string of the molecule is COCCOCCCOc1nccc(C(=O)O)n1. The van der Waals surface area contributed by atoms with Crippen LogP contribution in [0.15, 0.2) is 12.3 Å². The number of carboxylic acid groups (broad SMARTS) is 1. The Balaban J connectivity index is 2.19. The Morgan fingerprint density at radius 1 is 1.33 bits per heavy atom. The van der Waals surface area contributed by atoms with Crippen molar-refractivity contribution < 1.29 is 24.1 Å². The molecule has 1 aromatic heterocycles. The fourth-order valence-corrected chi connectivity index (χ4v) is 1.10. The first-order valence-electron chi connectivity index (χ1n) is 5.50. The van der Waals surface area contributed by atoms with Gasteiger partial charge in [-0.15, -0.1) is 0 Å². The second-order valence-electron chi connectivity index (χ2n) is 3.34. The fraction of sp³-hybridized carbons (Fsp3) is 0.545. The average molecular weight is 256 g/mol. The number of hydrogen-bond donors (Lipinski definition) is 1. The summed E-state index contributed by atoms with van der Waals surface area (Å²) in [6.07, 6.45) is 2.02. The van der Waals surface area contributed by atoms with Crippen LogP contribution in [-0.4, -0.2) is 54.6 Å². The lowest BCUT2D eigenvalue weighted by molar-refractivity contribution is 0.0636. The van der Waals surface area contributed by atoms with Crippen molar-refractivity contribution in [2.75, 3.05) is 33.5 Å². The van der Waals surface area contributed by atoms with Gasteiger partial charge < -0.3 is 19.3 Å². The first-order chi connectivity index (χ1) is 8.74. The third-order valence-electron chi connectivity index (χ3n) is 1.95. The molecular formula is C11H16N2O5. The van der Waals surface area contributed by atoms with E-state index in [1.807, 2.05) is 0 Å². The van der Waals surface area contributed by atoms with E-state index >= 15 is 0 Å². The number of rotatable bonds is 9. The Bertz CT molecular complexity index is 372. The van der Waals surface area contributed by atoms with Crippen LogP contribution in [0.5, 0.6) is 6.01 Å². The number of nitrogens with zero attached hydrogens (tertiary/aromatic N) is 2. The third-order valence-corrected chi connectivity index (χ3v) is 1.95. The van der Waals surface area contributed by atoms with Crippen LogP contribution in [0.4, 0.5) is 0 Å². The van der Waals surface area contributed by atoms with Gasteiger partial charge in [0.25, 0.3) is 0 Å². The highest BCUT2D eigenvalue weighted by Gasteiger charge is 2.06. The number of methoxy groups -OCH3 is 1. The summed E-state index contributed by atoms with van der Waals surface area (Å²) in [6.45, 7) is 2.02. The maximum absolute atomic E-state index is 10.7. The quantitative estimate of drug-likeness (QED) is 0.647. The van der Waals surface area contributed by atoms with E-state index in [-0.39, 0.29) is 11.7 Å². The lowest BCUT2D eigenvalue weighted by atomic mass is 10.4. The minimum Gasteiger partial charge on any atom is -0.477 e. The van der Waals surface area contributed by atoms with Crippen LogP contribution in [-0.2, 0) is 9.47 Å². The molecule has 100 valence electrons. The Morgan fingerprint density at radius 3 is 2.89 bits per heavy atom. The third kappa shape index (κ3) is 5.55. The highest BCUT2D eigenvalue weighted by atomic mass is 16.5. The van der Waals surface area contributed by atoms with Gasteiger partial charge >= 0.3 is 12.0 Å². The van der Waals surface area contributed by atoms with E-state index in [1.165, 1.54) is 12.3 Å². The Hall–Kier alpha value is -1.73. The molecule has 0 aliphatic rings. The lowest BCUT2D eigenvalue weighted by Crippen LogP contribution is -2.09. The molecule has 0 spiro atoms. The number of carbonyl (C=O) groups is 1. The number of ether oxygens (including phenoxy) is 3. The Morgan fingerprint density at radius 2 is 2.17 bits per heavy atom. The molecule has 0 aliphatic carbocycles. The smallest absolute Gasteiger partial charge is 0.354 e. The Labute approximate surface area is 105 Å². The topological polar surface area (TPSA) is 90.8 Å². The molecule has 0 fully saturated rings. The molecule has 1 aromatic rings. The predicted molar refractivity (Wildman–Crippen MR) is 61.8 cm³/mol. The van der Waals surface area contributed by atoms with Crippen LogP contribution in [0.25, 0.3) is 0 Å². The van der Waals surface area contributed by atoms with Crippen molar-refractivity contribution in [3.63, 3.8) is 0 Å². The molecule has 18 heavy (non-hydrogen) atoms. The summed E-state index contributed by atoms with van der Waals surface area (Å²) < 4.78 is 15.3. The lowest BCUT2D eigenvalue weighted by Gasteiger charge is -2.05. The van der Waals surface area contributed by atoms with Gasteiger partial charge in [-0.25, -0.2) is 9.78 Å². The molecule has 0 amide bonds. The summed E-state index contributed by atoms with van der Waals surface area (Å²) >= 11 is 0. The second kappa shape index (κ2) is 8.37. The van der Waals surface area contributed by atoms with E-state index in [1.54, 1.807) is 7.11 Å². The van der Waals surface area contributed by atoms with Crippen molar-refractivity contribution in [1.82, 2.24) is 9.97 Å². The summed E-state index contributed by atoms with van der Waals surface area (Å²) in [6, 6.07) is 1.37. The average Bonchev–Trinajstić information content (AvgIpc) is 2.38. The van der Waals surface area contributed by atoms with Crippen LogP contribution >= 0.6 is 0 Å². The molecule has 1 heterocycles. The molecule has 1 rings (SSSR count). The van der Waals surface area contributed by atoms with E-state index in [0.717, 1.165) is 0 Å². The highest BCUT2D eigenvalue weighted by Crippen LogP contribution is 2.03. The van der Waals surface area contributed by atoms with Crippen molar-refractivity contribution in [2.45, 2.75) is 6.42 Å². The van der Waals surface area contributed by atoms with Crippen molar-refractivity contribution in [1.29, 1.82) is 0 Å². The molecule has 0 bridgehead atoms. The van der Waals surface area contributed by atoms with Crippen LogP contribution in [0, 0.1) is 0 Å². The maximum atomic E-state index is 10.7. The summed E-state index contributed by atoms with van der Waals surface area (Å²) in [7, 11) is 1.61. The molecule has 0 atom stereocenters. The van der Waals surface area contributed by atoms with Gasteiger partial charge in [0.15, 0.2) is 5.69 Å². The monoisotopic (exact) mass is 256 g/mol. The van der Waals surface area contributed by atoms with Gasteiger partial charge in [0.05, 0.1) is 19.8 Å². The Kier molecular flexibility index (Phi) is 6.67. The molecular weight excluding hydrogens is 240 g/mol. The predicted octanol–water partition coefficient (Wildman–Crippen LogP) is 0.607. The van der Waals surface area contributed by atoms with E-state index in [0.29, 0.717) is 32.8 Å². The van der Waals surface area contributed by atoms with Crippen LogP contribution < -0.4 is 4.74 Å². The zero-order chi connectivity index (χ0) is 13.2. The van der Waals surface area contributed by atoms with Crippen molar-refractivity contribution in [2.24, 2.45) is 0 Å². The van der Waals surface area contributed by atoms with E-state index < -0.39 is 5.97 Å². The molecule has 0 saturated carbocycles. The molecule has 0 unspecified atom stereocenters. The minimum absolute atomic E-state index is 0.0618. The van der Waals surface area contributed by atoms with Gasteiger partial charge in [-0.05, 0) is 6.07 Å². The van der Waals surface area contributed by atoms with Gasteiger partial charge in [0.2, 0.25) is 0 Å². The molecule has 0 radical (unpaired) electrons. The summed E-state index contributed by atoms with van der Waals surface area (Å²) in [5.74, 6) is -1.11. The molecule has 0 aliphatic heterocycles. The van der Waals surface area contributed by atoms with E-state index in [2.05, 4.69) is 9.97 Å². The summed E-state index contributed by atoms with van der Waals surface area (Å²) in [5.41, 5.74) is -0.0867. The van der Waals surface area contributed by atoms with Crippen LogP contribution in [0.1, 0.15) is 16.9 Å². The largest absolute Gasteiger partial charge is 0.477 e. The molecule has 0 aromatic carbocycles. The first kappa shape index (κ1) is 14.3. The second-order valence-corrected chi connectivity index (χ2v) is 3.34. The normalized spacial score (nSPS) is 10.3. The van der Waals surface area contributed by atoms with Gasteiger partial charge in [-0.1, -0.05) is 0 Å². The highest BCUT2D eigenvalue weighted by molar-refractivity contribution is 5.85. The number of aromatic carboxylic acids is 1. The number of carboxylic acids is 1. The van der Waals surface area contributed by atoms with E-state index in [9.17, 15) is 4.79 Å². The van der Waals surface area contributed by atoms with Crippen molar-refractivity contribution >= 4 is 5.97 Å². The molecule has 7 nitrogen and oxygen atoms in total. The number of aromatic nitrogens is 2. The van der Waals surface area contributed by atoms with Gasteiger partial charge in [0.1, 0.15) is 0 Å². The first-order valence-corrected chi connectivity index (χ1v) is 5.50. The molecule has 7 heteroatoms. The maximum Gasteiger partial charge on any atom is 0.354 e.